The Balaban J connectivity index is 2.33. The fourth-order valence-corrected chi connectivity index (χ4v) is 2.61. The molecule has 20 heavy (non-hydrogen) atoms. The second-order valence-corrected chi connectivity index (χ2v) is 6.37. The monoisotopic (exact) mass is 354 g/mol. The molecule has 1 aromatic heterocycles. The Morgan fingerprint density at radius 1 is 1.40 bits per heavy atom. The first kappa shape index (κ1) is 15.3. The summed E-state index contributed by atoms with van der Waals surface area (Å²) in [6, 6.07) is 6.53. The molecule has 106 valence electrons. The van der Waals surface area contributed by atoms with Gasteiger partial charge in [-0.05, 0) is 46.0 Å². The fraction of sp³-hybridized carbons (Fsp3) is 0.333. The van der Waals surface area contributed by atoms with E-state index in [1.165, 1.54) is 12.1 Å². The Morgan fingerprint density at radius 2 is 2.15 bits per heavy atom. The zero-order valence-corrected chi connectivity index (χ0v) is 13.8. The summed E-state index contributed by atoms with van der Waals surface area (Å²) in [6.45, 7) is 4.30. The van der Waals surface area contributed by atoms with Gasteiger partial charge in [0.25, 0.3) is 0 Å². The van der Waals surface area contributed by atoms with Crippen LogP contribution in [0.2, 0.25) is 0 Å². The summed E-state index contributed by atoms with van der Waals surface area (Å²) < 4.78 is 14.6. The third-order valence-electron chi connectivity index (χ3n) is 2.86. The molecule has 1 aromatic carbocycles. The maximum atomic E-state index is 13.2. The number of H-pyrrole nitrogens is 1. The SMILES string of the molecule is CC(C)Cc1[nH]c(Cc2cccc(F)c2)nc(=S)c1Br. The van der Waals surface area contributed by atoms with E-state index in [2.05, 4.69) is 39.7 Å². The molecule has 2 rings (SSSR count). The van der Waals surface area contributed by atoms with E-state index in [-0.39, 0.29) is 5.82 Å². The molecule has 0 spiro atoms. The minimum absolute atomic E-state index is 0.236. The minimum atomic E-state index is -0.236. The molecule has 0 aliphatic rings. The predicted octanol–water partition coefficient (Wildman–Crippen LogP) is 4.83. The molecule has 0 aliphatic heterocycles. The topological polar surface area (TPSA) is 28.7 Å². The van der Waals surface area contributed by atoms with Gasteiger partial charge in [-0.3, -0.25) is 0 Å². The molecule has 0 bridgehead atoms. The van der Waals surface area contributed by atoms with Crippen LogP contribution < -0.4 is 0 Å². The number of nitrogens with zero attached hydrogens (tertiary/aromatic N) is 1. The second kappa shape index (κ2) is 6.59. The third-order valence-corrected chi connectivity index (χ3v) is 4.27. The van der Waals surface area contributed by atoms with Crippen LogP contribution >= 0.6 is 28.1 Å². The van der Waals surface area contributed by atoms with Crippen LogP contribution in [0.25, 0.3) is 0 Å². The molecule has 0 fully saturated rings. The third kappa shape index (κ3) is 3.96. The van der Waals surface area contributed by atoms with Gasteiger partial charge in [0, 0.05) is 12.1 Å². The van der Waals surface area contributed by atoms with Crippen molar-refractivity contribution in [3.8, 4) is 0 Å². The molecule has 1 N–H and O–H groups in total. The molecule has 0 unspecified atom stereocenters. The van der Waals surface area contributed by atoms with Crippen LogP contribution in [0, 0.1) is 16.4 Å². The summed E-state index contributed by atoms with van der Waals surface area (Å²) in [5.41, 5.74) is 1.92. The molecule has 2 nitrogen and oxygen atoms in total. The van der Waals surface area contributed by atoms with Gasteiger partial charge in [0.05, 0.1) is 4.47 Å². The predicted molar refractivity (Wildman–Crippen MR) is 84.9 cm³/mol. The normalized spacial score (nSPS) is 11.1. The van der Waals surface area contributed by atoms with Gasteiger partial charge in [0.15, 0.2) is 0 Å². The average Bonchev–Trinajstić information content (AvgIpc) is 2.35. The Morgan fingerprint density at radius 3 is 2.80 bits per heavy atom. The Labute approximate surface area is 131 Å². The number of halogens is 2. The Kier molecular flexibility index (Phi) is 5.05. The van der Waals surface area contributed by atoms with Gasteiger partial charge in [0.2, 0.25) is 0 Å². The van der Waals surface area contributed by atoms with Gasteiger partial charge >= 0.3 is 0 Å². The van der Waals surface area contributed by atoms with Crippen molar-refractivity contribution in [2.75, 3.05) is 0 Å². The summed E-state index contributed by atoms with van der Waals surface area (Å²) in [4.78, 5) is 7.66. The molecular weight excluding hydrogens is 339 g/mol. The Hall–Kier alpha value is -1.07. The van der Waals surface area contributed by atoms with Crippen LogP contribution in [0.3, 0.4) is 0 Å². The summed E-state index contributed by atoms with van der Waals surface area (Å²) in [7, 11) is 0. The van der Waals surface area contributed by atoms with Crippen molar-refractivity contribution in [1.82, 2.24) is 9.97 Å². The lowest BCUT2D eigenvalue weighted by Crippen LogP contribution is -2.05. The highest BCUT2D eigenvalue weighted by atomic mass is 79.9. The van der Waals surface area contributed by atoms with E-state index >= 15 is 0 Å². The number of hydrogen-bond acceptors (Lipinski definition) is 2. The van der Waals surface area contributed by atoms with E-state index in [1.807, 2.05) is 6.07 Å². The highest BCUT2D eigenvalue weighted by Gasteiger charge is 2.09. The van der Waals surface area contributed by atoms with Crippen LogP contribution in [-0.2, 0) is 12.8 Å². The van der Waals surface area contributed by atoms with E-state index in [0.29, 0.717) is 17.0 Å². The first-order valence-corrected chi connectivity index (χ1v) is 7.68. The zero-order valence-electron chi connectivity index (χ0n) is 11.4. The largest absolute Gasteiger partial charge is 0.346 e. The standard InChI is InChI=1S/C15H16BrFN2S/c1-9(2)6-12-14(16)15(20)19-13(18-12)8-10-4-3-5-11(17)7-10/h3-5,7,9H,6,8H2,1-2H3,(H,18,19,20). The van der Waals surface area contributed by atoms with E-state index in [9.17, 15) is 4.39 Å². The lowest BCUT2D eigenvalue weighted by Gasteiger charge is -2.10. The molecule has 5 heteroatoms. The van der Waals surface area contributed by atoms with Crippen molar-refractivity contribution < 1.29 is 4.39 Å². The van der Waals surface area contributed by atoms with Crippen LogP contribution in [0.1, 0.15) is 30.9 Å². The number of hydrogen-bond donors (Lipinski definition) is 1. The molecule has 0 amide bonds. The van der Waals surface area contributed by atoms with E-state index in [1.54, 1.807) is 6.07 Å². The maximum absolute atomic E-state index is 13.2. The molecule has 0 radical (unpaired) electrons. The van der Waals surface area contributed by atoms with Gasteiger partial charge in [-0.15, -0.1) is 0 Å². The molecule has 0 aliphatic carbocycles. The minimum Gasteiger partial charge on any atom is -0.346 e. The van der Waals surface area contributed by atoms with Crippen molar-refractivity contribution >= 4 is 28.1 Å². The molecule has 0 saturated heterocycles. The highest BCUT2D eigenvalue weighted by molar-refractivity contribution is 9.10. The number of aromatic nitrogens is 2. The van der Waals surface area contributed by atoms with Crippen LogP contribution in [-0.4, -0.2) is 9.97 Å². The molecular formula is C15H16BrFN2S. The van der Waals surface area contributed by atoms with Gasteiger partial charge in [-0.2, -0.15) is 0 Å². The van der Waals surface area contributed by atoms with Gasteiger partial charge in [0.1, 0.15) is 16.3 Å². The highest BCUT2D eigenvalue weighted by Crippen LogP contribution is 2.20. The number of nitrogens with one attached hydrogen (secondary N) is 1. The molecule has 0 atom stereocenters. The lowest BCUT2D eigenvalue weighted by molar-refractivity contribution is 0.624. The van der Waals surface area contributed by atoms with Gasteiger partial charge < -0.3 is 4.98 Å². The summed E-state index contributed by atoms with van der Waals surface area (Å²) in [5, 5.41) is 0. The maximum Gasteiger partial charge on any atom is 0.144 e. The van der Waals surface area contributed by atoms with Gasteiger partial charge in [-0.25, -0.2) is 9.37 Å². The first-order chi connectivity index (χ1) is 9.45. The van der Waals surface area contributed by atoms with E-state index < -0.39 is 0 Å². The molecule has 0 saturated carbocycles. The lowest BCUT2D eigenvalue weighted by atomic mass is 10.1. The average molecular weight is 355 g/mol. The van der Waals surface area contributed by atoms with Crippen LogP contribution in [0.5, 0.6) is 0 Å². The van der Waals surface area contributed by atoms with Crippen molar-refractivity contribution in [3.63, 3.8) is 0 Å². The van der Waals surface area contributed by atoms with E-state index in [0.717, 1.165) is 28.0 Å². The Bertz CT molecular complexity index is 667. The van der Waals surface area contributed by atoms with Gasteiger partial charge in [-0.1, -0.05) is 38.2 Å². The van der Waals surface area contributed by atoms with E-state index in [4.69, 9.17) is 12.2 Å². The fourth-order valence-electron chi connectivity index (χ4n) is 2.03. The zero-order chi connectivity index (χ0) is 14.7. The number of benzene rings is 1. The van der Waals surface area contributed by atoms with Crippen LogP contribution in [0.15, 0.2) is 28.7 Å². The van der Waals surface area contributed by atoms with Crippen LogP contribution in [0.4, 0.5) is 4.39 Å². The summed E-state index contributed by atoms with van der Waals surface area (Å²) >= 11 is 8.75. The quantitative estimate of drug-likeness (QED) is 0.796. The first-order valence-electron chi connectivity index (χ1n) is 6.47. The molecule has 2 aromatic rings. The summed E-state index contributed by atoms with van der Waals surface area (Å²) in [6.07, 6.45) is 1.43. The van der Waals surface area contributed by atoms with Crippen molar-refractivity contribution in [1.29, 1.82) is 0 Å². The number of rotatable bonds is 4. The van der Waals surface area contributed by atoms with Crippen molar-refractivity contribution in [2.24, 2.45) is 5.92 Å². The van der Waals surface area contributed by atoms with Crippen molar-refractivity contribution in [3.05, 3.63) is 56.3 Å². The second-order valence-electron chi connectivity index (χ2n) is 5.19. The summed E-state index contributed by atoms with van der Waals surface area (Å²) in [5.74, 6) is 1.04. The van der Waals surface area contributed by atoms with Crippen molar-refractivity contribution in [2.45, 2.75) is 26.7 Å². The number of aromatic amines is 1. The smallest absolute Gasteiger partial charge is 0.144 e. The molecule has 1 heterocycles.